The average Bonchev–Trinajstić information content (AvgIpc) is 2.27. The second kappa shape index (κ2) is 6.54. The lowest BCUT2D eigenvalue weighted by Crippen LogP contribution is -2.32. The summed E-state index contributed by atoms with van der Waals surface area (Å²) in [5.74, 6) is -1.47. The monoisotopic (exact) mass is 259 g/mol. The fourth-order valence-electron chi connectivity index (χ4n) is 1.79. The minimum atomic E-state index is -2.44. The van der Waals surface area contributed by atoms with E-state index in [9.17, 15) is 18.0 Å². The van der Waals surface area contributed by atoms with Crippen LogP contribution in [-0.4, -0.2) is 37.2 Å². The molecule has 2 nitrogen and oxygen atoms in total. The molecule has 0 aliphatic heterocycles. The summed E-state index contributed by atoms with van der Waals surface area (Å²) in [6.45, 7) is 1.39. The molecule has 1 aromatic rings. The lowest BCUT2D eigenvalue weighted by molar-refractivity contribution is 0.0791. The molecule has 0 saturated heterocycles. The number of carbonyl (C=O) groups excluding carboxylic acids is 1. The zero-order valence-corrected chi connectivity index (χ0v) is 10.4. The minimum absolute atomic E-state index is 0.00967. The summed E-state index contributed by atoms with van der Waals surface area (Å²) >= 11 is 0. The Bertz CT molecular complexity index is 409. The van der Waals surface area contributed by atoms with Crippen molar-refractivity contribution in [3.05, 3.63) is 35.6 Å². The van der Waals surface area contributed by atoms with Gasteiger partial charge in [-0.1, -0.05) is 19.1 Å². The highest BCUT2D eigenvalue weighted by Crippen LogP contribution is 2.14. The third-order valence-corrected chi connectivity index (χ3v) is 2.62. The largest absolute Gasteiger partial charge is 0.300 e. The van der Waals surface area contributed by atoms with Crippen LogP contribution in [0, 0.1) is 11.7 Å². The molecule has 1 aromatic carbocycles. The van der Waals surface area contributed by atoms with Crippen molar-refractivity contribution in [3.8, 4) is 0 Å². The first-order valence-corrected chi connectivity index (χ1v) is 5.67. The molecule has 0 fully saturated rings. The molecule has 0 aliphatic carbocycles. The van der Waals surface area contributed by atoms with Crippen molar-refractivity contribution >= 4 is 5.78 Å². The molecule has 0 bridgehead atoms. The summed E-state index contributed by atoms with van der Waals surface area (Å²) in [5.41, 5.74) is 0.00967. The van der Waals surface area contributed by atoms with E-state index in [4.69, 9.17) is 0 Å². The maximum atomic E-state index is 13.4. The number of rotatable bonds is 6. The van der Waals surface area contributed by atoms with Gasteiger partial charge in [0.15, 0.2) is 5.78 Å². The Labute approximate surface area is 104 Å². The van der Waals surface area contributed by atoms with Gasteiger partial charge in [0, 0.05) is 12.5 Å². The first-order chi connectivity index (χ1) is 8.41. The van der Waals surface area contributed by atoms with Crippen molar-refractivity contribution in [1.29, 1.82) is 0 Å². The minimum Gasteiger partial charge on any atom is -0.300 e. The van der Waals surface area contributed by atoms with E-state index in [0.29, 0.717) is 0 Å². The van der Waals surface area contributed by atoms with Gasteiger partial charge in [0.05, 0.1) is 12.1 Å². The van der Waals surface area contributed by atoms with Crippen LogP contribution in [0.5, 0.6) is 0 Å². The maximum absolute atomic E-state index is 13.4. The van der Waals surface area contributed by atoms with E-state index in [1.54, 1.807) is 13.0 Å². The van der Waals surface area contributed by atoms with E-state index in [1.165, 1.54) is 30.1 Å². The molecule has 0 amide bonds. The third-order valence-electron chi connectivity index (χ3n) is 2.62. The third kappa shape index (κ3) is 4.14. The summed E-state index contributed by atoms with van der Waals surface area (Å²) in [5, 5.41) is 0. The van der Waals surface area contributed by atoms with Crippen LogP contribution in [-0.2, 0) is 0 Å². The standard InChI is InChI=1S/C13H16F3NO/c1-9(7-17(2)8-12(15)16)13(18)10-5-3-4-6-11(10)14/h3-6,9,12H,7-8H2,1-2H3. The Morgan fingerprint density at radius 3 is 2.44 bits per heavy atom. The van der Waals surface area contributed by atoms with Crippen LogP contribution in [0.1, 0.15) is 17.3 Å². The first kappa shape index (κ1) is 14.7. The van der Waals surface area contributed by atoms with Gasteiger partial charge in [-0.3, -0.25) is 4.79 Å². The van der Waals surface area contributed by atoms with Gasteiger partial charge in [0.25, 0.3) is 6.43 Å². The van der Waals surface area contributed by atoms with Gasteiger partial charge in [0.1, 0.15) is 5.82 Å². The van der Waals surface area contributed by atoms with Gasteiger partial charge in [-0.05, 0) is 19.2 Å². The Morgan fingerprint density at radius 2 is 1.89 bits per heavy atom. The van der Waals surface area contributed by atoms with E-state index in [2.05, 4.69) is 0 Å². The number of benzene rings is 1. The molecule has 1 unspecified atom stereocenters. The number of hydrogen-bond donors (Lipinski definition) is 0. The van der Waals surface area contributed by atoms with E-state index in [-0.39, 0.29) is 17.9 Å². The van der Waals surface area contributed by atoms with Crippen molar-refractivity contribution in [1.82, 2.24) is 4.90 Å². The van der Waals surface area contributed by atoms with Gasteiger partial charge < -0.3 is 4.90 Å². The number of hydrogen-bond acceptors (Lipinski definition) is 2. The van der Waals surface area contributed by atoms with Gasteiger partial charge in [0.2, 0.25) is 0 Å². The fourth-order valence-corrected chi connectivity index (χ4v) is 1.79. The number of carbonyl (C=O) groups is 1. The summed E-state index contributed by atoms with van der Waals surface area (Å²) in [7, 11) is 1.51. The zero-order chi connectivity index (χ0) is 13.7. The number of halogens is 3. The van der Waals surface area contributed by atoms with Crippen molar-refractivity contribution in [2.75, 3.05) is 20.1 Å². The Hall–Kier alpha value is -1.36. The van der Waals surface area contributed by atoms with Crippen LogP contribution >= 0.6 is 0 Å². The molecule has 100 valence electrons. The first-order valence-electron chi connectivity index (χ1n) is 5.67. The average molecular weight is 259 g/mol. The number of alkyl halides is 2. The molecule has 18 heavy (non-hydrogen) atoms. The number of nitrogens with zero attached hydrogens (tertiary/aromatic N) is 1. The molecule has 1 atom stereocenters. The van der Waals surface area contributed by atoms with Crippen LogP contribution in [0.15, 0.2) is 24.3 Å². The molecule has 0 spiro atoms. The predicted octanol–water partition coefficient (Wildman–Crippen LogP) is 2.84. The van der Waals surface area contributed by atoms with Crippen molar-refractivity contribution in [2.24, 2.45) is 5.92 Å². The van der Waals surface area contributed by atoms with E-state index >= 15 is 0 Å². The number of Topliss-reactive ketones (excluding diaryl/α,β-unsaturated/α-hetero) is 1. The molecule has 0 saturated carbocycles. The van der Waals surface area contributed by atoms with Crippen LogP contribution in [0.3, 0.4) is 0 Å². The summed E-state index contributed by atoms with van der Waals surface area (Å²) in [6.07, 6.45) is -2.44. The fraction of sp³-hybridized carbons (Fsp3) is 0.462. The Kier molecular flexibility index (Phi) is 5.34. The quantitative estimate of drug-likeness (QED) is 0.732. The van der Waals surface area contributed by atoms with Gasteiger partial charge in [-0.15, -0.1) is 0 Å². The van der Waals surface area contributed by atoms with E-state index in [1.807, 2.05) is 0 Å². The summed E-state index contributed by atoms with van der Waals surface area (Å²) < 4.78 is 37.7. The predicted molar refractivity (Wildman–Crippen MR) is 63.4 cm³/mol. The van der Waals surface area contributed by atoms with Crippen molar-refractivity contribution < 1.29 is 18.0 Å². The SMILES string of the molecule is CC(CN(C)CC(F)F)C(=O)c1ccccc1F. The molecular weight excluding hydrogens is 243 g/mol. The second-order valence-electron chi connectivity index (χ2n) is 4.36. The number of ketones is 1. The molecule has 0 radical (unpaired) electrons. The van der Waals surface area contributed by atoms with Gasteiger partial charge >= 0.3 is 0 Å². The molecule has 0 aliphatic rings. The normalized spacial score (nSPS) is 13.1. The maximum Gasteiger partial charge on any atom is 0.251 e. The summed E-state index contributed by atoms with van der Waals surface area (Å²) in [6, 6.07) is 5.69. The van der Waals surface area contributed by atoms with Crippen LogP contribution < -0.4 is 0 Å². The van der Waals surface area contributed by atoms with Crippen LogP contribution in [0.25, 0.3) is 0 Å². The lowest BCUT2D eigenvalue weighted by Gasteiger charge is -2.20. The van der Waals surface area contributed by atoms with Gasteiger partial charge in [-0.2, -0.15) is 0 Å². The lowest BCUT2D eigenvalue weighted by atomic mass is 9.98. The molecule has 1 rings (SSSR count). The second-order valence-corrected chi connectivity index (χ2v) is 4.36. The molecule has 5 heteroatoms. The highest BCUT2D eigenvalue weighted by Gasteiger charge is 2.20. The summed E-state index contributed by atoms with van der Waals surface area (Å²) in [4.78, 5) is 13.3. The Morgan fingerprint density at radius 1 is 1.28 bits per heavy atom. The smallest absolute Gasteiger partial charge is 0.251 e. The molecule has 0 aromatic heterocycles. The van der Waals surface area contributed by atoms with Gasteiger partial charge in [-0.25, -0.2) is 13.2 Å². The van der Waals surface area contributed by atoms with E-state index in [0.717, 1.165) is 0 Å². The van der Waals surface area contributed by atoms with Crippen LogP contribution in [0.4, 0.5) is 13.2 Å². The molecule has 0 N–H and O–H groups in total. The Balaban J connectivity index is 2.65. The van der Waals surface area contributed by atoms with Crippen LogP contribution in [0.2, 0.25) is 0 Å². The highest BCUT2D eigenvalue weighted by atomic mass is 19.3. The zero-order valence-electron chi connectivity index (χ0n) is 10.4. The highest BCUT2D eigenvalue weighted by molar-refractivity contribution is 5.98. The molecular formula is C13H16F3NO. The van der Waals surface area contributed by atoms with Crippen molar-refractivity contribution in [2.45, 2.75) is 13.3 Å². The van der Waals surface area contributed by atoms with E-state index < -0.39 is 24.7 Å². The topological polar surface area (TPSA) is 20.3 Å². The molecule has 0 heterocycles. The van der Waals surface area contributed by atoms with Crippen molar-refractivity contribution in [3.63, 3.8) is 0 Å².